The summed E-state index contributed by atoms with van der Waals surface area (Å²) in [5, 5.41) is 16.0. The van der Waals surface area contributed by atoms with E-state index in [4.69, 9.17) is 16.3 Å². The highest BCUT2D eigenvalue weighted by Crippen LogP contribution is 2.24. The van der Waals surface area contributed by atoms with E-state index in [9.17, 15) is 9.18 Å². The maximum atomic E-state index is 13.7. The van der Waals surface area contributed by atoms with Gasteiger partial charge in [0.15, 0.2) is 5.16 Å². The summed E-state index contributed by atoms with van der Waals surface area (Å²) in [4.78, 5) is 12.6. The molecule has 0 fully saturated rings. The molecule has 1 N–H and O–H groups in total. The Labute approximate surface area is 198 Å². The van der Waals surface area contributed by atoms with Gasteiger partial charge < -0.3 is 10.1 Å². The number of halogens is 2. The van der Waals surface area contributed by atoms with E-state index in [1.165, 1.54) is 23.9 Å². The maximum absolute atomic E-state index is 13.7. The number of nitrogens with one attached hydrogen (secondary N) is 1. The van der Waals surface area contributed by atoms with E-state index in [2.05, 4.69) is 20.6 Å². The number of nitrogens with zero attached hydrogens (tertiary/aromatic N) is 5. The lowest BCUT2D eigenvalue weighted by Crippen LogP contribution is -2.18. The topological polar surface area (TPSA) is 86.9 Å². The Bertz CT molecular complexity index is 1270. The average molecular weight is 487 g/mol. The molecular weight excluding hydrogens is 467 g/mol. The number of methoxy groups -OCH3 is 1. The minimum atomic E-state index is -0.500. The number of benzene rings is 2. The van der Waals surface area contributed by atoms with Crippen LogP contribution in [0.25, 0.3) is 5.69 Å². The predicted molar refractivity (Wildman–Crippen MR) is 125 cm³/mol. The van der Waals surface area contributed by atoms with Gasteiger partial charge in [-0.05, 0) is 48.9 Å². The maximum Gasteiger partial charge on any atom is 0.235 e. The highest BCUT2D eigenvalue weighted by atomic mass is 35.5. The van der Waals surface area contributed by atoms with E-state index < -0.39 is 5.82 Å². The lowest BCUT2D eigenvalue weighted by atomic mass is 10.2. The van der Waals surface area contributed by atoms with Gasteiger partial charge in [0.25, 0.3) is 0 Å². The predicted octanol–water partition coefficient (Wildman–Crippen LogP) is 4.35. The molecule has 2 heterocycles. The van der Waals surface area contributed by atoms with Crippen molar-refractivity contribution >= 4 is 35.1 Å². The summed E-state index contributed by atoms with van der Waals surface area (Å²) in [5.41, 5.74) is 1.54. The molecule has 0 aliphatic rings. The van der Waals surface area contributed by atoms with Gasteiger partial charge in [-0.1, -0.05) is 29.4 Å². The number of carbonyl (C=O) groups excluding carboxylic acids is 1. The minimum absolute atomic E-state index is 0.0579. The van der Waals surface area contributed by atoms with Crippen molar-refractivity contribution in [1.82, 2.24) is 24.5 Å². The van der Waals surface area contributed by atoms with Crippen molar-refractivity contribution in [2.75, 3.05) is 18.2 Å². The second kappa shape index (κ2) is 10.1. The Kier molecular flexibility index (Phi) is 6.95. The first kappa shape index (κ1) is 22.8. The summed E-state index contributed by atoms with van der Waals surface area (Å²) in [6.45, 7) is 2.13. The number of rotatable bonds is 8. The third kappa shape index (κ3) is 5.35. The Morgan fingerprint density at radius 1 is 1.18 bits per heavy atom. The smallest absolute Gasteiger partial charge is 0.235 e. The largest absolute Gasteiger partial charge is 0.497 e. The fourth-order valence-electron chi connectivity index (χ4n) is 3.15. The van der Waals surface area contributed by atoms with Crippen LogP contribution in [0.15, 0.2) is 59.9 Å². The zero-order valence-corrected chi connectivity index (χ0v) is 19.4. The van der Waals surface area contributed by atoms with Crippen molar-refractivity contribution in [3.8, 4) is 11.4 Å². The molecular formula is C22H20ClFN6O2S. The average Bonchev–Trinajstić information content (AvgIpc) is 3.40. The number of amides is 1. The van der Waals surface area contributed by atoms with Crippen LogP contribution in [0.3, 0.4) is 0 Å². The molecule has 1 amide bonds. The van der Waals surface area contributed by atoms with Crippen LogP contribution in [0, 0.1) is 12.7 Å². The highest BCUT2D eigenvalue weighted by molar-refractivity contribution is 7.99. The molecule has 0 spiro atoms. The standard InChI is InChI=1S/C22H20ClFN6O2S/c1-14-27-28-22(30(14)16-4-6-17(32-2)7-5-16)33-13-21(31)26-20-9-10-25-29(20)12-15-3-8-18(23)19(24)11-15/h3-11H,12-13H2,1-2H3,(H,26,31). The van der Waals surface area contributed by atoms with Crippen LogP contribution in [0.1, 0.15) is 11.4 Å². The molecule has 0 bridgehead atoms. The molecule has 11 heteroatoms. The third-order valence-corrected chi connectivity index (χ3v) is 5.99. The summed E-state index contributed by atoms with van der Waals surface area (Å²) in [7, 11) is 1.61. The van der Waals surface area contributed by atoms with Crippen molar-refractivity contribution in [3.05, 3.63) is 77.0 Å². The summed E-state index contributed by atoms with van der Waals surface area (Å²) in [6, 6.07) is 13.7. The van der Waals surface area contributed by atoms with Crippen molar-refractivity contribution in [2.45, 2.75) is 18.6 Å². The van der Waals surface area contributed by atoms with Gasteiger partial charge in [-0.25, -0.2) is 9.07 Å². The van der Waals surface area contributed by atoms with Gasteiger partial charge in [0.1, 0.15) is 23.2 Å². The van der Waals surface area contributed by atoms with Gasteiger partial charge in [0, 0.05) is 11.8 Å². The molecule has 0 radical (unpaired) electrons. The van der Waals surface area contributed by atoms with Crippen molar-refractivity contribution in [3.63, 3.8) is 0 Å². The molecule has 8 nitrogen and oxygen atoms in total. The van der Waals surface area contributed by atoms with Gasteiger partial charge in [-0.2, -0.15) is 5.10 Å². The minimum Gasteiger partial charge on any atom is -0.497 e. The van der Waals surface area contributed by atoms with E-state index >= 15 is 0 Å². The first-order chi connectivity index (χ1) is 15.9. The number of aromatic nitrogens is 5. The molecule has 4 aromatic rings. The molecule has 0 saturated carbocycles. The van der Waals surface area contributed by atoms with Gasteiger partial charge in [0.2, 0.25) is 5.91 Å². The van der Waals surface area contributed by atoms with Gasteiger partial charge in [0.05, 0.1) is 30.6 Å². The Balaban J connectivity index is 1.41. The molecule has 2 aromatic carbocycles. The van der Waals surface area contributed by atoms with E-state index in [1.54, 1.807) is 30.1 Å². The fraction of sp³-hybridized carbons (Fsp3) is 0.182. The monoisotopic (exact) mass is 486 g/mol. The summed E-state index contributed by atoms with van der Waals surface area (Å²) < 4.78 is 22.4. The summed E-state index contributed by atoms with van der Waals surface area (Å²) in [6.07, 6.45) is 1.57. The lowest BCUT2D eigenvalue weighted by molar-refractivity contribution is -0.113. The molecule has 0 aliphatic heterocycles. The highest BCUT2D eigenvalue weighted by Gasteiger charge is 2.15. The number of thioether (sulfide) groups is 1. The van der Waals surface area contributed by atoms with Crippen LogP contribution < -0.4 is 10.1 Å². The van der Waals surface area contributed by atoms with Crippen LogP contribution in [-0.2, 0) is 11.3 Å². The first-order valence-electron chi connectivity index (χ1n) is 9.89. The number of ether oxygens (including phenoxy) is 1. The Morgan fingerprint density at radius 2 is 1.97 bits per heavy atom. The second-order valence-corrected chi connectivity index (χ2v) is 8.37. The first-order valence-corrected chi connectivity index (χ1v) is 11.3. The quantitative estimate of drug-likeness (QED) is 0.372. The molecule has 2 aromatic heterocycles. The van der Waals surface area contributed by atoms with Crippen LogP contribution in [0.5, 0.6) is 5.75 Å². The van der Waals surface area contributed by atoms with Crippen LogP contribution >= 0.6 is 23.4 Å². The normalized spacial score (nSPS) is 10.9. The van der Waals surface area contributed by atoms with Gasteiger partial charge in [-0.3, -0.25) is 9.36 Å². The zero-order valence-electron chi connectivity index (χ0n) is 17.8. The fourth-order valence-corrected chi connectivity index (χ4v) is 4.06. The number of hydrogen-bond donors (Lipinski definition) is 1. The second-order valence-electron chi connectivity index (χ2n) is 7.02. The number of hydrogen-bond acceptors (Lipinski definition) is 6. The van der Waals surface area contributed by atoms with Crippen molar-refractivity contribution in [2.24, 2.45) is 0 Å². The summed E-state index contributed by atoms with van der Waals surface area (Å²) >= 11 is 7.01. The van der Waals surface area contributed by atoms with Crippen LogP contribution in [0.2, 0.25) is 5.02 Å². The number of aryl methyl sites for hydroxylation is 1. The van der Waals surface area contributed by atoms with E-state index in [0.717, 1.165) is 11.4 Å². The molecule has 0 saturated heterocycles. The van der Waals surface area contributed by atoms with Crippen molar-refractivity contribution in [1.29, 1.82) is 0 Å². The molecule has 33 heavy (non-hydrogen) atoms. The van der Waals surface area contributed by atoms with Crippen LogP contribution in [0.4, 0.5) is 10.2 Å². The van der Waals surface area contributed by atoms with E-state index in [1.807, 2.05) is 35.8 Å². The molecule has 170 valence electrons. The Hall–Kier alpha value is -3.37. The number of carbonyl (C=O) groups is 1. The lowest BCUT2D eigenvalue weighted by Gasteiger charge is -2.11. The molecule has 0 unspecified atom stereocenters. The van der Waals surface area contributed by atoms with Crippen LogP contribution in [-0.4, -0.2) is 43.3 Å². The number of anilines is 1. The van der Waals surface area contributed by atoms with E-state index in [-0.39, 0.29) is 23.2 Å². The molecule has 0 atom stereocenters. The Morgan fingerprint density at radius 3 is 2.70 bits per heavy atom. The third-order valence-electron chi connectivity index (χ3n) is 4.76. The SMILES string of the molecule is COc1ccc(-n2c(C)nnc2SCC(=O)Nc2ccnn2Cc2ccc(Cl)c(F)c2)cc1. The van der Waals surface area contributed by atoms with Gasteiger partial charge in [-0.15, -0.1) is 10.2 Å². The van der Waals surface area contributed by atoms with Crippen molar-refractivity contribution < 1.29 is 13.9 Å². The van der Waals surface area contributed by atoms with E-state index in [0.29, 0.717) is 22.4 Å². The zero-order chi connectivity index (χ0) is 23.4. The van der Waals surface area contributed by atoms with Gasteiger partial charge >= 0.3 is 0 Å². The summed E-state index contributed by atoms with van der Waals surface area (Å²) in [5.74, 6) is 1.34. The molecule has 0 aliphatic carbocycles. The molecule has 4 rings (SSSR count).